The molecule has 0 spiro atoms. The molecule has 1 aromatic rings. The fraction of sp³-hybridized carbons (Fsp3) is 0.417. The summed E-state index contributed by atoms with van der Waals surface area (Å²) < 4.78 is 12.7. The summed E-state index contributed by atoms with van der Waals surface area (Å²) >= 11 is 1.71. The van der Waals surface area contributed by atoms with Crippen LogP contribution in [-0.4, -0.2) is 16.5 Å². The average molecular weight is 238 g/mol. The van der Waals surface area contributed by atoms with E-state index in [2.05, 4.69) is 24.2 Å². The minimum atomic E-state index is -0.218. The summed E-state index contributed by atoms with van der Waals surface area (Å²) in [5.41, 5.74) is 0.888. The highest BCUT2D eigenvalue weighted by Gasteiger charge is 2.22. The van der Waals surface area contributed by atoms with Gasteiger partial charge in [0, 0.05) is 11.4 Å². The van der Waals surface area contributed by atoms with Crippen molar-refractivity contribution in [1.82, 2.24) is 0 Å². The van der Waals surface area contributed by atoms with E-state index in [1.807, 2.05) is 0 Å². The summed E-state index contributed by atoms with van der Waals surface area (Å²) in [4.78, 5) is 4.61. The fourth-order valence-electron chi connectivity index (χ4n) is 1.48. The van der Waals surface area contributed by atoms with Crippen molar-refractivity contribution in [2.75, 3.05) is 11.1 Å². The Labute approximate surface area is 99.3 Å². The summed E-state index contributed by atoms with van der Waals surface area (Å²) in [5.74, 6) is 0.851. The van der Waals surface area contributed by atoms with Crippen LogP contribution in [0.15, 0.2) is 29.3 Å². The van der Waals surface area contributed by atoms with Crippen molar-refractivity contribution >= 4 is 22.6 Å². The number of hydrogen-bond acceptors (Lipinski definition) is 3. The highest BCUT2D eigenvalue weighted by atomic mass is 32.2. The van der Waals surface area contributed by atoms with Gasteiger partial charge in [0.25, 0.3) is 0 Å². The smallest absolute Gasteiger partial charge is 0.161 e. The number of hydrogen-bond donors (Lipinski definition) is 1. The van der Waals surface area contributed by atoms with Gasteiger partial charge in [0.2, 0.25) is 0 Å². The Morgan fingerprint density at radius 2 is 2.00 bits per heavy atom. The standard InChI is InChI=1S/C12H15FN2S/c1-12(2)7-8-16-11(15-12)14-10-5-3-9(13)4-6-10/h3-6H,7-8H2,1-2H3,(H,14,15). The third kappa shape index (κ3) is 2.98. The van der Waals surface area contributed by atoms with Crippen molar-refractivity contribution < 1.29 is 4.39 Å². The second-order valence-electron chi connectivity index (χ2n) is 4.46. The van der Waals surface area contributed by atoms with E-state index >= 15 is 0 Å². The largest absolute Gasteiger partial charge is 0.335 e. The molecule has 1 aromatic carbocycles. The molecule has 2 nitrogen and oxygen atoms in total. The van der Waals surface area contributed by atoms with Crippen molar-refractivity contribution in [2.45, 2.75) is 25.8 Å². The van der Waals surface area contributed by atoms with Crippen LogP contribution in [-0.2, 0) is 0 Å². The highest BCUT2D eigenvalue weighted by Crippen LogP contribution is 2.26. The lowest BCUT2D eigenvalue weighted by Crippen LogP contribution is -2.27. The van der Waals surface area contributed by atoms with Gasteiger partial charge in [-0.3, -0.25) is 4.99 Å². The maximum Gasteiger partial charge on any atom is 0.161 e. The van der Waals surface area contributed by atoms with Crippen molar-refractivity contribution in [1.29, 1.82) is 0 Å². The Morgan fingerprint density at radius 3 is 2.62 bits per heavy atom. The van der Waals surface area contributed by atoms with Crippen molar-refractivity contribution in [2.24, 2.45) is 4.99 Å². The summed E-state index contributed by atoms with van der Waals surface area (Å²) in [6, 6.07) is 6.34. The number of thioether (sulfide) groups is 1. The lowest BCUT2D eigenvalue weighted by Gasteiger charge is -2.26. The van der Waals surface area contributed by atoms with E-state index in [0.717, 1.165) is 23.0 Å². The molecule has 0 saturated carbocycles. The van der Waals surface area contributed by atoms with Gasteiger partial charge in [0.1, 0.15) is 5.82 Å². The molecule has 0 saturated heterocycles. The predicted octanol–water partition coefficient (Wildman–Crippen LogP) is 3.51. The third-order valence-electron chi connectivity index (χ3n) is 2.45. The van der Waals surface area contributed by atoms with Crippen molar-refractivity contribution in [3.05, 3.63) is 30.1 Å². The van der Waals surface area contributed by atoms with Crippen LogP contribution in [0.2, 0.25) is 0 Å². The van der Waals surface area contributed by atoms with E-state index in [9.17, 15) is 4.39 Å². The molecule has 1 N–H and O–H groups in total. The van der Waals surface area contributed by atoms with E-state index in [1.165, 1.54) is 12.1 Å². The minimum Gasteiger partial charge on any atom is -0.335 e. The van der Waals surface area contributed by atoms with Gasteiger partial charge in [-0.05, 0) is 44.5 Å². The zero-order valence-corrected chi connectivity index (χ0v) is 10.3. The molecule has 0 aliphatic carbocycles. The van der Waals surface area contributed by atoms with Crippen LogP contribution >= 0.6 is 11.8 Å². The number of aliphatic imine (C=N–C) groups is 1. The Kier molecular flexibility index (Phi) is 3.19. The molecule has 4 heteroatoms. The van der Waals surface area contributed by atoms with E-state index in [0.29, 0.717) is 0 Å². The van der Waals surface area contributed by atoms with E-state index in [4.69, 9.17) is 0 Å². The topological polar surface area (TPSA) is 24.4 Å². The van der Waals surface area contributed by atoms with Crippen molar-refractivity contribution in [3.8, 4) is 0 Å². The van der Waals surface area contributed by atoms with Crippen LogP contribution in [0.4, 0.5) is 10.1 Å². The van der Waals surface area contributed by atoms with Crippen LogP contribution in [0.25, 0.3) is 0 Å². The van der Waals surface area contributed by atoms with Gasteiger partial charge in [0.05, 0.1) is 5.54 Å². The fourth-order valence-corrected chi connectivity index (χ4v) is 2.78. The maximum atomic E-state index is 12.7. The molecular weight excluding hydrogens is 223 g/mol. The average Bonchev–Trinajstić information content (AvgIpc) is 2.20. The molecule has 0 amide bonds. The van der Waals surface area contributed by atoms with Crippen LogP contribution in [0.5, 0.6) is 0 Å². The van der Waals surface area contributed by atoms with Crippen LogP contribution in [0.3, 0.4) is 0 Å². The Hall–Kier alpha value is -1.03. The molecule has 16 heavy (non-hydrogen) atoms. The monoisotopic (exact) mass is 238 g/mol. The number of benzene rings is 1. The number of halogens is 1. The molecular formula is C12H15FN2S. The molecule has 0 fully saturated rings. The Morgan fingerprint density at radius 1 is 1.31 bits per heavy atom. The van der Waals surface area contributed by atoms with Gasteiger partial charge in [-0.1, -0.05) is 11.8 Å². The first-order valence-corrected chi connectivity index (χ1v) is 6.29. The van der Waals surface area contributed by atoms with Gasteiger partial charge in [-0.15, -0.1) is 0 Å². The van der Waals surface area contributed by atoms with Crippen LogP contribution in [0, 0.1) is 5.82 Å². The number of rotatable bonds is 1. The lowest BCUT2D eigenvalue weighted by molar-refractivity contribution is 0.507. The molecule has 86 valence electrons. The SMILES string of the molecule is CC1(C)CCSC(Nc2ccc(F)cc2)=N1. The minimum absolute atomic E-state index is 0.00755. The Bertz CT molecular complexity index is 398. The number of anilines is 1. The van der Waals surface area contributed by atoms with E-state index in [1.54, 1.807) is 23.9 Å². The summed E-state index contributed by atoms with van der Waals surface area (Å²) in [5, 5.41) is 4.13. The third-order valence-corrected chi connectivity index (χ3v) is 3.33. The molecule has 1 aliphatic rings. The normalized spacial score (nSPS) is 19.1. The first kappa shape index (κ1) is 11.5. The van der Waals surface area contributed by atoms with Crippen LogP contribution in [0.1, 0.15) is 20.3 Å². The molecule has 0 aromatic heterocycles. The van der Waals surface area contributed by atoms with Gasteiger partial charge in [-0.25, -0.2) is 4.39 Å². The zero-order valence-electron chi connectivity index (χ0n) is 9.46. The first-order chi connectivity index (χ1) is 7.55. The number of amidine groups is 1. The summed E-state index contributed by atoms with van der Waals surface area (Å²) in [6.45, 7) is 4.25. The number of nitrogens with one attached hydrogen (secondary N) is 1. The maximum absolute atomic E-state index is 12.7. The zero-order chi connectivity index (χ0) is 11.6. The van der Waals surface area contributed by atoms with Gasteiger partial charge in [0.15, 0.2) is 5.17 Å². The molecule has 0 radical (unpaired) electrons. The molecule has 1 heterocycles. The van der Waals surface area contributed by atoms with E-state index in [-0.39, 0.29) is 11.4 Å². The Balaban J connectivity index is 2.10. The first-order valence-electron chi connectivity index (χ1n) is 5.30. The molecule has 1 aliphatic heterocycles. The highest BCUT2D eigenvalue weighted by molar-refractivity contribution is 8.14. The van der Waals surface area contributed by atoms with E-state index < -0.39 is 0 Å². The van der Waals surface area contributed by atoms with Crippen molar-refractivity contribution in [3.63, 3.8) is 0 Å². The number of nitrogens with zero attached hydrogens (tertiary/aromatic N) is 1. The quantitative estimate of drug-likeness (QED) is 0.809. The summed E-state index contributed by atoms with van der Waals surface area (Å²) in [6.07, 6.45) is 1.09. The van der Waals surface area contributed by atoms with Gasteiger partial charge < -0.3 is 5.32 Å². The molecule has 0 bridgehead atoms. The molecule has 0 atom stereocenters. The second-order valence-corrected chi connectivity index (χ2v) is 5.54. The lowest BCUT2D eigenvalue weighted by atomic mass is 10.0. The van der Waals surface area contributed by atoms with Gasteiger partial charge >= 0.3 is 0 Å². The molecule has 2 rings (SSSR count). The van der Waals surface area contributed by atoms with Crippen LogP contribution < -0.4 is 5.32 Å². The van der Waals surface area contributed by atoms with Gasteiger partial charge in [-0.2, -0.15) is 0 Å². The predicted molar refractivity (Wildman–Crippen MR) is 68.6 cm³/mol. The summed E-state index contributed by atoms with van der Waals surface area (Å²) in [7, 11) is 0. The molecule has 0 unspecified atom stereocenters. The second kappa shape index (κ2) is 4.45.